The molecule has 0 aliphatic rings. The van der Waals surface area contributed by atoms with Crippen molar-refractivity contribution >= 4 is 29.1 Å². The van der Waals surface area contributed by atoms with Gasteiger partial charge in [-0.25, -0.2) is 9.48 Å². The van der Waals surface area contributed by atoms with Crippen LogP contribution in [0.4, 0.5) is 22.0 Å². The van der Waals surface area contributed by atoms with E-state index in [-0.39, 0.29) is 11.4 Å². The van der Waals surface area contributed by atoms with Gasteiger partial charge in [-0.1, -0.05) is 12.1 Å². The Morgan fingerprint density at radius 3 is 2.21 bits per heavy atom. The number of nitrogens with zero attached hydrogens (tertiary/aromatic N) is 2. The van der Waals surface area contributed by atoms with Gasteiger partial charge >= 0.3 is 6.03 Å². The number of ether oxygens (including phenoxy) is 2. The standard InChI is InChI=1S/C23H28N6O4/c1-23(2,3)29-20(24)18(21(25)30)19(28-29)13-6-8-14(9-7-13)26-22(31)27-16-11-10-15(32-4)12-17(16)33-5/h6-12H,24H2,1-5H3,(H2,25,30)(H2,26,27,31). The first kappa shape index (κ1) is 23.5. The summed E-state index contributed by atoms with van der Waals surface area (Å²) in [7, 11) is 3.05. The van der Waals surface area contributed by atoms with Gasteiger partial charge in [0.2, 0.25) is 0 Å². The van der Waals surface area contributed by atoms with Gasteiger partial charge in [-0.15, -0.1) is 0 Å². The van der Waals surface area contributed by atoms with Gasteiger partial charge in [0.05, 0.1) is 25.4 Å². The predicted molar refractivity (Wildman–Crippen MR) is 128 cm³/mol. The van der Waals surface area contributed by atoms with E-state index in [1.807, 2.05) is 20.8 Å². The van der Waals surface area contributed by atoms with Crippen molar-refractivity contribution in [3.8, 4) is 22.8 Å². The van der Waals surface area contributed by atoms with Crippen LogP contribution in [-0.2, 0) is 5.54 Å². The van der Waals surface area contributed by atoms with Crippen LogP contribution >= 0.6 is 0 Å². The van der Waals surface area contributed by atoms with Crippen LogP contribution in [0.1, 0.15) is 31.1 Å². The summed E-state index contributed by atoms with van der Waals surface area (Å²) in [6, 6.07) is 11.4. The molecule has 0 bridgehead atoms. The van der Waals surface area contributed by atoms with Gasteiger partial charge < -0.3 is 31.6 Å². The maximum atomic E-state index is 12.5. The number of nitrogens with one attached hydrogen (secondary N) is 2. The molecule has 3 aromatic rings. The third-order valence-electron chi connectivity index (χ3n) is 4.88. The fraction of sp³-hybridized carbons (Fsp3) is 0.261. The second-order valence-corrected chi connectivity index (χ2v) is 8.28. The van der Waals surface area contributed by atoms with Crippen molar-refractivity contribution in [2.75, 3.05) is 30.6 Å². The molecule has 0 saturated carbocycles. The molecule has 0 unspecified atom stereocenters. The monoisotopic (exact) mass is 452 g/mol. The zero-order chi connectivity index (χ0) is 24.3. The molecule has 10 heteroatoms. The number of benzene rings is 2. The third kappa shape index (κ3) is 5.00. The summed E-state index contributed by atoms with van der Waals surface area (Å²) in [6.07, 6.45) is 0. The van der Waals surface area contributed by atoms with E-state index in [1.165, 1.54) is 7.11 Å². The molecule has 1 aromatic heterocycles. The molecular weight excluding hydrogens is 424 g/mol. The molecule has 6 N–H and O–H groups in total. The van der Waals surface area contributed by atoms with E-state index in [4.69, 9.17) is 20.9 Å². The average Bonchev–Trinajstić information content (AvgIpc) is 3.12. The van der Waals surface area contributed by atoms with Gasteiger partial charge in [0.15, 0.2) is 0 Å². The van der Waals surface area contributed by atoms with Crippen LogP contribution in [0.2, 0.25) is 0 Å². The fourth-order valence-corrected chi connectivity index (χ4v) is 3.29. The minimum Gasteiger partial charge on any atom is -0.497 e. The quantitative estimate of drug-likeness (QED) is 0.449. The number of carbonyl (C=O) groups excluding carboxylic acids is 2. The highest BCUT2D eigenvalue weighted by Gasteiger charge is 2.26. The van der Waals surface area contributed by atoms with Crippen LogP contribution < -0.4 is 31.6 Å². The number of hydrogen-bond donors (Lipinski definition) is 4. The van der Waals surface area contributed by atoms with Gasteiger partial charge in [-0.3, -0.25) is 4.79 Å². The van der Waals surface area contributed by atoms with E-state index in [0.717, 1.165) is 0 Å². The molecule has 1 heterocycles. The van der Waals surface area contributed by atoms with Crippen LogP contribution in [-0.4, -0.2) is 35.9 Å². The highest BCUT2D eigenvalue weighted by atomic mass is 16.5. The summed E-state index contributed by atoms with van der Waals surface area (Å²) in [5.41, 5.74) is 13.5. The van der Waals surface area contributed by atoms with E-state index in [9.17, 15) is 9.59 Å². The van der Waals surface area contributed by atoms with Gasteiger partial charge in [0.1, 0.15) is 28.6 Å². The number of aromatic nitrogens is 2. The Kier molecular flexibility index (Phi) is 6.47. The lowest BCUT2D eigenvalue weighted by molar-refractivity contribution is 0.100. The summed E-state index contributed by atoms with van der Waals surface area (Å²) in [6.45, 7) is 5.77. The molecule has 2 aromatic carbocycles. The van der Waals surface area contributed by atoms with Crippen molar-refractivity contribution in [1.82, 2.24) is 9.78 Å². The number of methoxy groups -OCH3 is 2. The topological polar surface area (TPSA) is 147 Å². The number of primary amides is 1. The highest BCUT2D eigenvalue weighted by Crippen LogP contribution is 2.32. The van der Waals surface area contributed by atoms with Gasteiger partial charge in [0, 0.05) is 17.3 Å². The molecule has 3 amide bonds. The number of amides is 3. The molecule has 0 spiro atoms. The first-order chi connectivity index (χ1) is 15.5. The number of nitrogen functional groups attached to an aromatic ring is 1. The molecule has 0 aliphatic heterocycles. The lowest BCUT2D eigenvalue weighted by Crippen LogP contribution is -2.25. The van der Waals surface area contributed by atoms with Crippen LogP contribution in [0.3, 0.4) is 0 Å². The van der Waals surface area contributed by atoms with Gasteiger partial charge in [0.25, 0.3) is 5.91 Å². The van der Waals surface area contributed by atoms with Crippen molar-refractivity contribution in [3.05, 3.63) is 48.0 Å². The predicted octanol–water partition coefficient (Wildman–Crippen LogP) is 3.65. The van der Waals surface area contributed by atoms with Crippen LogP contribution in [0.5, 0.6) is 11.5 Å². The van der Waals surface area contributed by atoms with Crippen LogP contribution in [0.25, 0.3) is 11.3 Å². The molecule has 0 atom stereocenters. The lowest BCUT2D eigenvalue weighted by Gasteiger charge is -2.20. The Labute approximate surface area is 191 Å². The number of nitrogens with two attached hydrogens (primary N) is 2. The van der Waals surface area contributed by atoms with Crippen molar-refractivity contribution in [3.63, 3.8) is 0 Å². The minimum atomic E-state index is -0.659. The zero-order valence-electron chi connectivity index (χ0n) is 19.2. The molecule has 10 nitrogen and oxygen atoms in total. The number of rotatable bonds is 6. The van der Waals surface area contributed by atoms with Crippen molar-refractivity contribution in [1.29, 1.82) is 0 Å². The van der Waals surface area contributed by atoms with Crippen molar-refractivity contribution < 1.29 is 19.1 Å². The number of anilines is 3. The maximum absolute atomic E-state index is 12.5. The van der Waals surface area contributed by atoms with Crippen molar-refractivity contribution in [2.45, 2.75) is 26.3 Å². The van der Waals surface area contributed by atoms with E-state index < -0.39 is 17.5 Å². The maximum Gasteiger partial charge on any atom is 0.323 e. The molecule has 174 valence electrons. The Balaban J connectivity index is 1.80. The fourth-order valence-electron chi connectivity index (χ4n) is 3.29. The van der Waals surface area contributed by atoms with E-state index >= 15 is 0 Å². The third-order valence-corrected chi connectivity index (χ3v) is 4.88. The first-order valence-electron chi connectivity index (χ1n) is 10.1. The smallest absolute Gasteiger partial charge is 0.323 e. The first-order valence-corrected chi connectivity index (χ1v) is 10.1. The lowest BCUT2D eigenvalue weighted by atomic mass is 10.1. The SMILES string of the molecule is COc1ccc(NC(=O)Nc2ccc(-c3nn(C(C)(C)C)c(N)c3C(N)=O)cc2)c(OC)c1. The van der Waals surface area contributed by atoms with Crippen LogP contribution in [0, 0.1) is 0 Å². The highest BCUT2D eigenvalue weighted by molar-refractivity contribution is 6.04. The minimum absolute atomic E-state index is 0.162. The number of urea groups is 1. The Bertz CT molecular complexity index is 1180. The molecule has 0 aliphatic carbocycles. The Hall–Kier alpha value is -4.21. The zero-order valence-corrected chi connectivity index (χ0v) is 19.2. The van der Waals surface area contributed by atoms with E-state index in [0.29, 0.717) is 34.1 Å². The molecule has 0 saturated heterocycles. The van der Waals surface area contributed by atoms with E-state index in [1.54, 1.807) is 54.3 Å². The molecule has 0 fully saturated rings. The van der Waals surface area contributed by atoms with E-state index in [2.05, 4.69) is 15.7 Å². The number of carbonyl (C=O) groups is 2. The summed E-state index contributed by atoms with van der Waals surface area (Å²) in [5.74, 6) is 0.622. The molecular formula is C23H28N6O4. The summed E-state index contributed by atoms with van der Waals surface area (Å²) < 4.78 is 12.0. The summed E-state index contributed by atoms with van der Waals surface area (Å²) in [4.78, 5) is 24.5. The Morgan fingerprint density at radius 2 is 1.67 bits per heavy atom. The van der Waals surface area contributed by atoms with Crippen LogP contribution in [0.15, 0.2) is 42.5 Å². The average molecular weight is 453 g/mol. The normalized spacial score (nSPS) is 11.1. The molecule has 0 radical (unpaired) electrons. The second kappa shape index (κ2) is 9.11. The molecule has 3 rings (SSSR count). The second-order valence-electron chi connectivity index (χ2n) is 8.28. The largest absolute Gasteiger partial charge is 0.497 e. The molecule has 33 heavy (non-hydrogen) atoms. The summed E-state index contributed by atoms with van der Waals surface area (Å²) in [5, 5.41) is 10.0. The number of hydrogen-bond acceptors (Lipinski definition) is 6. The van der Waals surface area contributed by atoms with Crippen molar-refractivity contribution in [2.24, 2.45) is 5.73 Å². The Morgan fingerprint density at radius 1 is 1.00 bits per heavy atom. The summed E-state index contributed by atoms with van der Waals surface area (Å²) >= 11 is 0. The van der Waals surface area contributed by atoms with Gasteiger partial charge in [-0.2, -0.15) is 5.10 Å². The van der Waals surface area contributed by atoms with Gasteiger partial charge in [-0.05, 0) is 45.0 Å².